The average molecular weight is 276 g/mol. The predicted molar refractivity (Wildman–Crippen MR) is 71.4 cm³/mol. The number of ether oxygens (including phenoxy) is 1. The average Bonchev–Trinajstić information content (AvgIpc) is 2.45. The number of halogens is 3. The molecule has 2 rings (SSSR count). The van der Waals surface area contributed by atoms with Gasteiger partial charge in [0.05, 0.1) is 12.7 Å². The van der Waals surface area contributed by atoms with Gasteiger partial charge in [-0.15, -0.1) is 6.42 Å². The van der Waals surface area contributed by atoms with Gasteiger partial charge in [-0.2, -0.15) is 13.2 Å². The molecule has 0 aliphatic carbocycles. The van der Waals surface area contributed by atoms with Gasteiger partial charge >= 0.3 is 6.18 Å². The lowest BCUT2D eigenvalue weighted by atomic mass is 9.97. The van der Waals surface area contributed by atoms with Crippen LogP contribution < -0.4 is 4.74 Å². The molecule has 0 aliphatic rings. The third kappa shape index (κ3) is 2.77. The van der Waals surface area contributed by atoms with Crippen LogP contribution in [0, 0.1) is 12.3 Å². The molecule has 0 saturated heterocycles. The normalized spacial score (nSPS) is 10.9. The van der Waals surface area contributed by atoms with Crippen molar-refractivity contribution in [3.05, 3.63) is 53.6 Å². The Bertz CT molecular complexity index is 666. The second kappa shape index (κ2) is 5.30. The molecule has 0 saturated carbocycles. The zero-order valence-electron chi connectivity index (χ0n) is 10.7. The Hall–Kier alpha value is -2.41. The molecule has 0 spiro atoms. The Morgan fingerprint density at radius 3 is 2.45 bits per heavy atom. The van der Waals surface area contributed by atoms with Gasteiger partial charge in [-0.3, -0.25) is 0 Å². The van der Waals surface area contributed by atoms with Gasteiger partial charge in [-0.25, -0.2) is 0 Å². The molecular formula is C16H11F3O. The first-order chi connectivity index (χ1) is 9.45. The summed E-state index contributed by atoms with van der Waals surface area (Å²) < 4.78 is 44.2. The van der Waals surface area contributed by atoms with Crippen LogP contribution in [0.2, 0.25) is 0 Å². The molecule has 0 heterocycles. The summed E-state index contributed by atoms with van der Waals surface area (Å²) in [6.45, 7) is 0. The van der Waals surface area contributed by atoms with Gasteiger partial charge < -0.3 is 4.74 Å². The number of terminal acetylenes is 1. The Morgan fingerprint density at radius 1 is 1.10 bits per heavy atom. The van der Waals surface area contributed by atoms with Crippen LogP contribution in [-0.2, 0) is 6.18 Å². The second-order valence-corrected chi connectivity index (χ2v) is 4.13. The number of hydrogen-bond acceptors (Lipinski definition) is 1. The molecule has 2 aromatic rings. The maximum atomic E-state index is 13.1. The molecular weight excluding hydrogens is 265 g/mol. The maximum absolute atomic E-state index is 13.1. The summed E-state index contributed by atoms with van der Waals surface area (Å²) in [5.41, 5.74) is 0.140. The molecule has 0 amide bonds. The molecule has 2 aromatic carbocycles. The SMILES string of the molecule is C#Cc1ccc(C(F)(F)F)c(-c2cccc(OC)c2)c1. The molecule has 0 unspecified atom stereocenters. The molecule has 0 N–H and O–H groups in total. The lowest BCUT2D eigenvalue weighted by Crippen LogP contribution is -2.07. The highest BCUT2D eigenvalue weighted by Crippen LogP contribution is 2.38. The van der Waals surface area contributed by atoms with E-state index < -0.39 is 11.7 Å². The molecule has 0 bridgehead atoms. The summed E-state index contributed by atoms with van der Waals surface area (Å²) in [7, 11) is 1.46. The Morgan fingerprint density at radius 2 is 1.85 bits per heavy atom. The van der Waals surface area contributed by atoms with Crippen molar-refractivity contribution in [3.8, 4) is 29.2 Å². The monoisotopic (exact) mass is 276 g/mol. The zero-order valence-corrected chi connectivity index (χ0v) is 10.7. The molecule has 102 valence electrons. The first kappa shape index (κ1) is 14.0. The summed E-state index contributed by atoms with van der Waals surface area (Å²) in [5, 5.41) is 0. The number of alkyl halides is 3. The van der Waals surface area contributed by atoms with Crippen LogP contribution in [0.3, 0.4) is 0 Å². The largest absolute Gasteiger partial charge is 0.497 e. The van der Waals surface area contributed by atoms with Crippen molar-refractivity contribution in [2.24, 2.45) is 0 Å². The first-order valence-electron chi connectivity index (χ1n) is 5.78. The van der Waals surface area contributed by atoms with E-state index in [9.17, 15) is 13.2 Å². The molecule has 0 atom stereocenters. The molecule has 4 heteroatoms. The number of benzene rings is 2. The number of hydrogen-bond donors (Lipinski definition) is 0. The van der Waals surface area contributed by atoms with Crippen molar-refractivity contribution in [1.82, 2.24) is 0 Å². The minimum atomic E-state index is -4.44. The quantitative estimate of drug-likeness (QED) is 0.740. The van der Waals surface area contributed by atoms with Gasteiger partial charge in [-0.05, 0) is 41.5 Å². The first-order valence-corrected chi connectivity index (χ1v) is 5.78. The van der Waals surface area contributed by atoms with Gasteiger partial charge in [0.25, 0.3) is 0 Å². The van der Waals surface area contributed by atoms with Crippen molar-refractivity contribution < 1.29 is 17.9 Å². The van der Waals surface area contributed by atoms with E-state index >= 15 is 0 Å². The Balaban J connectivity index is 2.67. The smallest absolute Gasteiger partial charge is 0.417 e. The summed E-state index contributed by atoms with van der Waals surface area (Å²) in [4.78, 5) is 0. The second-order valence-electron chi connectivity index (χ2n) is 4.13. The van der Waals surface area contributed by atoms with Crippen molar-refractivity contribution >= 4 is 0 Å². The van der Waals surface area contributed by atoms with Crippen LogP contribution >= 0.6 is 0 Å². The van der Waals surface area contributed by atoms with Crippen LogP contribution in [0.1, 0.15) is 11.1 Å². The molecule has 20 heavy (non-hydrogen) atoms. The van der Waals surface area contributed by atoms with E-state index in [1.165, 1.54) is 19.2 Å². The molecule has 0 aromatic heterocycles. The van der Waals surface area contributed by atoms with E-state index in [0.29, 0.717) is 16.9 Å². The molecule has 0 aliphatic heterocycles. The minimum absolute atomic E-state index is 0.0480. The summed E-state index contributed by atoms with van der Waals surface area (Å²) in [6, 6.07) is 10.1. The topological polar surface area (TPSA) is 9.23 Å². The fraction of sp³-hybridized carbons (Fsp3) is 0.125. The molecule has 0 fully saturated rings. The number of rotatable bonds is 2. The third-order valence-electron chi connectivity index (χ3n) is 2.87. The van der Waals surface area contributed by atoms with Crippen LogP contribution in [0.15, 0.2) is 42.5 Å². The summed E-state index contributed by atoms with van der Waals surface area (Å²) in [5.74, 6) is 2.83. The standard InChI is InChI=1S/C16H11F3O/c1-3-11-7-8-15(16(17,18)19)14(9-11)12-5-4-6-13(10-12)20-2/h1,4-10H,2H3. The highest BCUT2D eigenvalue weighted by atomic mass is 19.4. The number of methoxy groups -OCH3 is 1. The van der Waals surface area contributed by atoms with Gasteiger partial charge in [0.15, 0.2) is 0 Å². The van der Waals surface area contributed by atoms with E-state index in [-0.39, 0.29) is 5.56 Å². The lowest BCUT2D eigenvalue weighted by molar-refractivity contribution is -0.137. The summed E-state index contributed by atoms with van der Waals surface area (Å²) >= 11 is 0. The van der Waals surface area contributed by atoms with Gasteiger partial charge in [0, 0.05) is 5.56 Å². The highest BCUT2D eigenvalue weighted by Gasteiger charge is 2.33. The van der Waals surface area contributed by atoms with Crippen LogP contribution in [-0.4, -0.2) is 7.11 Å². The van der Waals surface area contributed by atoms with E-state index in [1.54, 1.807) is 24.3 Å². The van der Waals surface area contributed by atoms with Crippen LogP contribution in [0.5, 0.6) is 5.75 Å². The van der Waals surface area contributed by atoms with Crippen molar-refractivity contribution in [1.29, 1.82) is 0 Å². The van der Waals surface area contributed by atoms with Crippen molar-refractivity contribution in [2.75, 3.05) is 7.11 Å². The van der Waals surface area contributed by atoms with Crippen LogP contribution in [0.25, 0.3) is 11.1 Å². The lowest BCUT2D eigenvalue weighted by Gasteiger charge is -2.14. The highest BCUT2D eigenvalue weighted by molar-refractivity contribution is 5.71. The molecule has 1 nitrogen and oxygen atoms in total. The fourth-order valence-corrected chi connectivity index (χ4v) is 1.91. The van der Waals surface area contributed by atoms with E-state index in [4.69, 9.17) is 11.2 Å². The van der Waals surface area contributed by atoms with Crippen LogP contribution in [0.4, 0.5) is 13.2 Å². The summed E-state index contributed by atoms with van der Waals surface area (Å²) in [6.07, 6.45) is 0.817. The van der Waals surface area contributed by atoms with Gasteiger partial charge in [0.2, 0.25) is 0 Å². The van der Waals surface area contributed by atoms with E-state index in [0.717, 1.165) is 6.07 Å². The predicted octanol–water partition coefficient (Wildman–Crippen LogP) is 4.36. The van der Waals surface area contributed by atoms with Gasteiger partial charge in [-0.1, -0.05) is 18.1 Å². The Labute approximate surface area is 115 Å². The zero-order chi connectivity index (χ0) is 14.8. The van der Waals surface area contributed by atoms with Crippen molar-refractivity contribution in [2.45, 2.75) is 6.18 Å². The molecule has 0 radical (unpaired) electrons. The van der Waals surface area contributed by atoms with E-state index in [2.05, 4.69) is 5.92 Å². The Kier molecular flexibility index (Phi) is 3.71. The fourth-order valence-electron chi connectivity index (χ4n) is 1.91. The van der Waals surface area contributed by atoms with E-state index in [1.807, 2.05) is 0 Å². The van der Waals surface area contributed by atoms with Crippen molar-refractivity contribution in [3.63, 3.8) is 0 Å². The minimum Gasteiger partial charge on any atom is -0.497 e. The van der Waals surface area contributed by atoms with Gasteiger partial charge in [0.1, 0.15) is 5.75 Å². The third-order valence-corrected chi connectivity index (χ3v) is 2.87. The maximum Gasteiger partial charge on any atom is 0.417 e.